The van der Waals surface area contributed by atoms with Crippen LogP contribution in [0.15, 0.2) is 41.4 Å². The van der Waals surface area contributed by atoms with E-state index >= 15 is 0 Å². The predicted molar refractivity (Wildman–Crippen MR) is 124 cm³/mol. The van der Waals surface area contributed by atoms with Gasteiger partial charge in [0.2, 0.25) is 0 Å². The lowest BCUT2D eigenvalue weighted by Gasteiger charge is -2.28. The molecule has 30 heavy (non-hydrogen) atoms. The molecule has 2 aromatic rings. The number of rotatable bonds is 6. The molecule has 0 atom stereocenters. The number of nitrogens with one attached hydrogen (secondary N) is 1. The van der Waals surface area contributed by atoms with Gasteiger partial charge in [0.1, 0.15) is 5.75 Å². The van der Waals surface area contributed by atoms with Gasteiger partial charge in [0.15, 0.2) is 0 Å². The first-order valence-corrected chi connectivity index (χ1v) is 10.3. The van der Waals surface area contributed by atoms with Crippen molar-refractivity contribution in [3.8, 4) is 5.75 Å². The first kappa shape index (κ1) is 23.5. The minimum absolute atomic E-state index is 0.164. The molecule has 2 aromatic carbocycles. The van der Waals surface area contributed by atoms with Crippen molar-refractivity contribution in [3.05, 3.63) is 58.7 Å². The van der Waals surface area contributed by atoms with Gasteiger partial charge in [-0.2, -0.15) is 0 Å². The lowest BCUT2D eigenvalue weighted by atomic mass is 9.78. The van der Waals surface area contributed by atoms with Gasteiger partial charge in [-0.25, -0.2) is 4.79 Å². The third-order valence-electron chi connectivity index (χ3n) is 4.78. The number of nitrogens with zero attached hydrogens (tertiary/aromatic N) is 1. The molecule has 2 N–H and O–H groups in total. The highest BCUT2D eigenvalue weighted by atomic mass is 16.5. The van der Waals surface area contributed by atoms with Crippen LogP contribution in [0, 0.1) is 0 Å². The number of hydrogen-bond acceptors (Lipinski definition) is 4. The van der Waals surface area contributed by atoms with E-state index in [1.165, 1.54) is 0 Å². The zero-order valence-electron chi connectivity index (χ0n) is 19.2. The molecule has 162 valence electrons. The first-order chi connectivity index (χ1) is 13.9. The van der Waals surface area contributed by atoms with Crippen LogP contribution in [0.1, 0.15) is 75.5 Å². The molecule has 5 nitrogen and oxygen atoms in total. The molecule has 2 rings (SSSR count). The molecule has 0 unspecified atom stereocenters. The lowest BCUT2D eigenvalue weighted by Crippen LogP contribution is -2.17. The molecular weight excluding hydrogens is 376 g/mol. The molecule has 0 heterocycles. The van der Waals surface area contributed by atoms with Gasteiger partial charge in [-0.05, 0) is 70.8 Å². The average molecular weight is 411 g/mol. The van der Waals surface area contributed by atoms with Crippen LogP contribution in [-0.2, 0) is 22.1 Å². The topological polar surface area (TPSA) is 70.9 Å². The Kier molecular flexibility index (Phi) is 7.30. The number of ether oxygens (including phenoxy) is 1. The van der Waals surface area contributed by atoms with Crippen molar-refractivity contribution < 1.29 is 14.6 Å². The molecule has 0 saturated carbocycles. The Hall–Kier alpha value is -2.82. The van der Waals surface area contributed by atoms with Crippen LogP contribution < -0.4 is 5.32 Å². The first-order valence-electron chi connectivity index (χ1n) is 10.3. The Morgan fingerprint density at radius 1 is 1.03 bits per heavy atom. The van der Waals surface area contributed by atoms with Gasteiger partial charge in [-0.15, -0.1) is 0 Å². The minimum atomic E-state index is -0.325. The molecule has 0 radical (unpaired) electrons. The molecule has 0 aliphatic carbocycles. The van der Waals surface area contributed by atoms with Gasteiger partial charge < -0.3 is 15.2 Å². The third kappa shape index (κ3) is 6.09. The molecular formula is C25H34N2O3. The van der Waals surface area contributed by atoms with Crippen LogP contribution in [-0.4, -0.2) is 24.0 Å². The maximum Gasteiger partial charge on any atom is 0.338 e. The fourth-order valence-electron chi connectivity index (χ4n) is 3.12. The quantitative estimate of drug-likeness (QED) is 0.358. The summed E-state index contributed by atoms with van der Waals surface area (Å²) in [5.41, 5.74) is 3.95. The Bertz CT molecular complexity index is 866. The number of benzene rings is 2. The van der Waals surface area contributed by atoms with E-state index in [2.05, 4.69) is 51.9 Å². The standard InChI is InChI=1S/C25H34N2O3/c1-8-30-23(29)18-9-11-19(12-10-18)27-16-26-15-17-13-20(24(2,3)4)22(28)21(14-17)25(5,6)7/h9-14,16,28H,8,15H2,1-7H3,(H,26,27). The second-order valence-electron chi connectivity index (χ2n) is 9.45. The molecule has 0 aliphatic heterocycles. The number of esters is 1. The van der Waals surface area contributed by atoms with E-state index in [9.17, 15) is 9.90 Å². The Balaban J connectivity index is 2.13. The summed E-state index contributed by atoms with van der Waals surface area (Å²) in [4.78, 5) is 16.2. The summed E-state index contributed by atoms with van der Waals surface area (Å²) in [7, 11) is 0. The van der Waals surface area contributed by atoms with E-state index in [4.69, 9.17) is 4.74 Å². The molecule has 0 aromatic heterocycles. The average Bonchev–Trinajstić information content (AvgIpc) is 2.65. The predicted octanol–water partition coefficient (Wildman–Crippen LogP) is 5.80. The minimum Gasteiger partial charge on any atom is -0.507 e. The Morgan fingerprint density at radius 3 is 2.03 bits per heavy atom. The van der Waals surface area contributed by atoms with Crippen molar-refractivity contribution in [2.75, 3.05) is 11.9 Å². The van der Waals surface area contributed by atoms with Crippen molar-refractivity contribution in [2.24, 2.45) is 4.99 Å². The number of phenolic OH excluding ortho intramolecular Hbond substituents is 1. The van der Waals surface area contributed by atoms with Crippen molar-refractivity contribution in [3.63, 3.8) is 0 Å². The molecule has 0 amide bonds. The van der Waals surface area contributed by atoms with E-state index in [1.807, 2.05) is 24.3 Å². The molecule has 0 spiro atoms. The lowest BCUT2D eigenvalue weighted by molar-refractivity contribution is 0.0526. The zero-order chi connectivity index (χ0) is 22.5. The number of aromatic hydroxyl groups is 1. The number of anilines is 1. The second-order valence-corrected chi connectivity index (χ2v) is 9.45. The van der Waals surface area contributed by atoms with E-state index in [0.717, 1.165) is 22.4 Å². The van der Waals surface area contributed by atoms with E-state index < -0.39 is 0 Å². The van der Waals surface area contributed by atoms with Crippen LogP contribution in [0.5, 0.6) is 5.75 Å². The van der Waals surface area contributed by atoms with Crippen LogP contribution in [0.3, 0.4) is 0 Å². The van der Waals surface area contributed by atoms with E-state index in [1.54, 1.807) is 25.4 Å². The van der Waals surface area contributed by atoms with Gasteiger partial charge in [-0.3, -0.25) is 4.99 Å². The SMILES string of the molecule is CCOC(=O)c1ccc(NC=NCc2cc(C(C)(C)C)c(O)c(C(C)(C)C)c2)cc1. The van der Waals surface area contributed by atoms with Crippen molar-refractivity contribution in [1.82, 2.24) is 0 Å². The fourth-order valence-corrected chi connectivity index (χ4v) is 3.12. The summed E-state index contributed by atoms with van der Waals surface area (Å²) in [5, 5.41) is 13.9. The third-order valence-corrected chi connectivity index (χ3v) is 4.78. The summed E-state index contributed by atoms with van der Waals surface area (Å²) in [6, 6.07) is 11.1. The van der Waals surface area contributed by atoms with Crippen LogP contribution >= 0.6 is 0 Å². The molecule has 0 saturated heterocycles. The van der Waals surface area contributed by atoms with Crippen LogP contribution in [0.25, 0.3) is 0 Å². The van der Waals surface area contributed by atoms with E-state index in [-0.39, 0.29) is 16.8 Å². The fraction of sp³-hybridized carbons (Fsp3) is 0.440. The zero-order valence-corrected chi connectivity index (χ0v) is 19.2. The van der Waals surface area contributed by atoms with Crippen LogP contribution in [0.4, 0.5) is 5.69 Å². The van der Waals surface area contributed by atoms with Crippen molar-refractivity contribution in [2.45, 2.75) is 65.8 Å². The van der Waals surface area contributed by atoms with Crippen LogP contribution in [0.2, 0.25) is 0 Å². The highest BCUT2D eigenvalue weighted by Crippen LogP contribution is 2.39. The van der Waals surface area contributed by atoms with Gasteiger partial charge >= 0.3 is 5.97 Å². The smallest absolute Gasteiger partial charge is 0.338 e. The van der Waals surface area contributed by atoms with Gasteiger partial charge in [0.25, 0.3) is 0 Å². The Morgan fingerprint density at radius 2 is 1.57 bits per heavy atom. The number of carbonyl (C=O) groups excluding carboxylic acids is 1. The van der Waals surface area contributed by atoms with E-state index in [0.29, 0.717) is 24.5 Å². The van der Waals surface area contributed by atoms with Crippen molar-refractivity contribution >= 4 is 18.0 Å². The number of hydrogen-bond donors (Lipinski definition) is 2. The normalized spacial score (nSPS) is 12.2. The number of phenols is 1. The summed E-state index contributed by atoms with van der Waals surface area (Å²) < 4.78 is 4.99. The molecule has 0 fully saturated rings. The highest BCUT2D eigenvalue weighted by Gasteiger charge is 2.26. The summed E-state index contributed by atoms with van der Waals surface area (Å²) in [6.45, 7) is 15.2. The molecule has 0 bridgehead atoms. The molecule has 0 aliphatic rings. The summed E-state index contributed by atoms with van der Waals surface area (Å²) in [5.74, 6) is 0.0527. The van der Waals surface area contributed by atoms with Gasteiger partial charge in [0, 0.05) is 5.69 Å². The highest BCUT2D eigenvalue weighted by molar-refractivity contribution is 5.90. The molecule has 5 heteroatoms. The summed E-state index contributed by atoms with van der Waals surface area (Å²) in [6.07, 6.45) is 1.65. The van der Waals surface area contributed by atoms with Gasteiger partial charge in [-0.1, -0.05) is 41.5 Å². The maximum atomic E-state index is 11.7. The second kappa shape index (κ2) is 9.33. The largest absolute Gasteiger partial charge is 0.507 e. The Labute approximate surface area is 180 Å². The monoisotopic (exact) mass is 410 g/mol. The maximum absolute atomic E-state index is 11.7. The van der Waals surface area contributed by atoms with Crippen molar-refractivity contribution in [1.29, 1.82) is 0 Å². The number of carbonyl (C=O) groups is 1. The number of aliphatic imine (C=N–C) groups is 1. The van der Waals surface area contributed by atoms with Gasteiger partial charge in [0.05, 0.1) is 25.1 Å². The summed E-state index contributed by atoms with van der Waals surface area (Å²) >= 11 is 0.